The third-order valence-corrected chi connectivity index (χ3v) is 3.64. The lowest BCUT2D eigenvalue weighted by molar-refractivity contribution is -0.121. The first kappa shape index (κ1) is 17.5. The summed E-state index contributed by atoms with van der Waals surface area (Å²) in [4.78, 5) is 23.9. The van der Waals surface area contributed by atoms with Crippen molar-refractivity contribution in [2.24, 2.45) is 0 Å². The van der Waals surface area contributed by atoms with E-state index in [1.165, 1.54) is 0 Å². The van der Waals surface area contributed by atoms with Crippen molar-refractivity contribution in [3.8, 4) is 5.75 Å². The number of halogens is 3. The van der Waals surface area contributed by atoms with E-state index in [1.807, 2.05) is 0 Å². The van der Waals surface area contributed by atoms with Crippen LogP contribution in [0.1, 0.15) is 5.56 Å². The van der Waals surface area contributed by atoms with E-state index in [9.17, 15) is 22.8 Å². The molecule has 0 unspecified atom stereocenters. The van der Waals surface area contributed by atoms with Gasteiger partial charge in [0.25, 0.3) is 5.91 Å². The lowest BCUT2D eigenvalue weighted by Crippen LogP contribution is -2.35. The number of anilines is 1. The molecule has 134 valence electrons. The predicted octanol–water partition coefficient (Wildman–Crippen LogP) is 2.63. The molecule has 1 aliphatic heterocycles. The fraction of sp³-hybridized carbons (Fsp3) is 0.111. The molecule has 0 aromatic heterocycles. The highest BCUT2D eigenvalue weighted by Gasteiger charge is 2.19. The summed E-state index contributed by atoms with van der Waals surface area (Å²) < 4.78 is 44.9. The molecule has 0 radical (unpaired) electrons. The van der Waals surface area contributed by atoms with Gasteiger partial charge < -0.3 is 15.4 Å². The Morgan fingerprint density at radius 2 is 1.81 bits per heavy atom. The molecule has 2 aromatic carbocycles. The largest absolute Gasteiger partial charge is 0.488 e. The monoisotopic (exact) mass is 362 g/mol. The van der Waals surface area contributed by atoms with Crippen LogP contribution in [0.3, 0.4) is 0 Å². The van der Waals surface area contributed by atoms with Crippen LogP contribution < -0.4 is 15.4 Å². The molecule has 26 heavy (non-hydrogen) atoms. The number of fused-ring (bicyclic) bond motifs is 1. The van der Waals surface area contributed by atoms with Gasteiger partial charge in [-0.05, 0) is 24.3 Å². The van der Waals surface area contributed by atoms with Gasteiger partial charge in [0.15, 0.2) is 17.5 Å². The molecule has 1 aliphatic rings. The molecule has 2 amide bonds. The number of ether oxygens (including phenoxy) is 1. The Morgan fingerprint density at radius 1 is 1.04 bits per heavy atom. The van der Waals surface area contributed by atoms with Crippen LogP contribution in [0.4, 0.5) is 18.9 Å². The van der Waals surface area contributed by atoms with Gasteiger partial charge in [-0.15, -0.1) is 0 Å². The minimum Gasteiger partial charge on any atom is -0.488 e. The van der Waals surface area contributed by atoms with Crippen LogP contribution in [0.5, 0.6) is 5.75 Å². The van der Waals surface area contributed by atoms with Crippen LogP contribution in [0.25, 0.3) is 6.08 Å². The zero-order valence-electron chi connectivity index (χ0n) is 13.3. The number of rotatable bonds is 4. The van der Waals surface area contributed by atoms with E-state index >= 15 is 0 Å². The summed E-state index contributed by atoms with van der Waals surface area (Å²) in [6, 6.07) is 8.73. The van der Waals surface area contributed by atoms with Crippen LogP contribution in [-0.4, -0.2) is 25.0 Å². The van der Waals surface area contributed by atoms with Crippen LogP contribution in [0, 0.1) is 17.5 Å². The highest BCUT2D eigenvalue weighted by Crippen LogP contribution is 2.25. The molecule has 0 spiro atoms. The zero-order valence-corrected chi connectivity index (χ0v) is 13.3. The van der Waals surface area contributed by atoms with E-state index in [0.717, 1.165) is 11.6 Å². The highest BCUT2D eigenvalue weighted by molar-refractivity contribution is 6.02. The lowest BCUT2D eigenvalue weighted by Gasteiger charge is -2.17. The predicted molar refractivity (Wildman–Crippen MR) is 87.9 cm³/mol. The smallest absolute Gasteiger partial charge is 0.251 e. The van der Waals surface area contributed by atoms with E-state index in [0.29, 0.717) is 17.4 Å². The van der Waals surface area contributed by atoms with Crippen molar-refractivity contribution < 1.29 is 27.5 Å². The summed E-state index contributed by atoms with van der Waals surface area (Å²) in [7, 11) is 0. The molecule has 0 bridgehead atoms. The Balaban J connectivity index is 1.59. The molecule has 0 saturated heterocycles. The fourth-order valence-corrected chi connectivity index (χ4v) is 2.34. The van der Waals surface area contributed by atoms with Gasteiger partial charge in [0.1, 0.15) is 12.4 Å². The second kappa shape index (κ2) is 7.30. The van der Waals surface area contributed by atoms with E-state index in [-0.39, 0.29) is 6.61 Å². The number of benzene rings is 2. The molecule has 0 fully saturated rings. The third kappa shape index (κ3) is 3.69. The van der Waals surface area contributed by atoms with Crippen molar-refractivity contribution in [3.05, 3.63) is 65.0 Å². The number of para-hydroxylation sites is 1. The second-order valence-electron chi connectivity index (χ2n) is 5.45. The topological polar surface area (TPSA) is 67.4 Å². The molecule has 3 rings (SSSR count). The molecular weight excluding hydrogens is 349 g/mol. The van der Waals surface area contributed by atoms with Crippen LogP contribution >= 0.6 is 0 Å². The van der Waals surface area contributed by atoms with Gasteiger partial charge in [-0.3, -0.25) is 9.59 Å². The maximum Gasteiger partial charge on any atom is 0.251 e. The maximum atomic E-state index is 13.5. The number of hydrogen-bond acceptors (Lipinski definition) is 3. The Kier molecular flexibility index (Phi) is 4.92. The van der Waals surface area contributed by atoms with Crippen molar-refractivity contribution in [1.82, 2.24) is 5.32 Å². The summed E-state index contributed by atoms with van der Waals surface area (Å²) >= 11 is 0. The molecule has 1 heterocycles. The Bertz CT molecular complexity index is 913. The van der Waals surface area contributed by atoms with Crippen molar-refractivity contribution in [1.29, 1.82) is 0 Å². The molecule has 0 saturated carbocycles. The minimum absolute atomic E-state index is 0.0439. The van der Waals surface area contributed by atoms with Gasteiger partial charge >= 0.3 is 0 Å². The van der Waals surface area contributed by atoms with Crippen molar-refractivity contribution in [2.45, 2.75) is 0 Å². The second-order valence-corrected chi connectivity index (χ2v) is 5.45. The van der Waals surface area contributed by atoms with E-state index in [1.54, 1.807) is 30.3 Å². The van der Waals surface area contributed by atoms with Crippen molar-refractivity contribution >= 4 is 23.6 Å². The van der Waals surface area contributed by atoms with Crippen LogP contribution in [-0.2, 0) is 9.59 Å². The van der Waals surface area contributed by atoms with Gasteiger partial charge in [-0.1, -0.05) is 18.2 Å². The molecule has 0 atom stereocenters. The normalized spacial score (nSPS) is 12.5. The van der Waals surface area contributed by atoms with Crippen LogP contribution in [0.2, 0.25) is 0 Å². The van der Waals surface area contributed by atoms with Gasteiger partial charge in [0.2, 0.25) is 5.91 Å². The van der Waals surface area contributed by atoms with Crippen LogP contribution in [0.15, 0.2) is 42.0 Å². The summed E-state index contributed by atoms with van der Waals surface area (Å²) in [5.41, 5.74) is 0.532. The molecule has 5 nitrogen and oxygen atoms in total. The molecule has 0 aliphatic carbocycles. The van der Waals surface area contributed by atoms with E-state index in [4.69, 9.17) is 4.74 Å². The third-order valence-electron chi connectivity index (χ3n) is 3.64. The summed E-state index contributed by atoms with van der Waals surface area (Å²) in [6.45, 7) is -0.432. The highest BCUT2D eigenvalue weighted by atomic mass is 19.2. The molecule has 8 heteroatoms. The standard InChI is InChI=1S/C18H13F3N2O3/c19-12-5-6-13(17(21)16(12)20)23-15(24)8-22-18(25)11-7-10-3-1-2-4-14(10)26-9-11/h1-7H,8-9H2,(H,22,25)(H,23,24). The quantitative estimate of drug-likeness (QED) is 0.822. The van der Waals surface area contributed by atoms with E-state index in [2.05, 4.69) is 10.6 Å². The minimum atomic E-state index is -1.69. The van der Waals surface area contributed by atoms with E-state index < -0.39 is 41.5 Å². The van der Waals surface area contributed by atoms with Gasteiger partial charge in [-0.2, -0.15) is 0 Å². The summed E-state index contributed by atoms with van der Waals surface area (Å²) in [5, 5.41) is 4.43. The first-order valence-electron chi connectivity index (χ1n) is 7.59. The molecule has 2 N–H and O–H groups in total. The molecule has 2 aromatic rings. The number of amides is 2. The Labute approximate surface area is 146 Å². The SMILES string of the molecule is O=C(CNC(=O)C1=Cc2ccccc2OC1)Nc1ccc(F)c(F)c1F. The zero-order chi connectivity index (χ0) is 18.7. The number of nitrogens with one attached hydrogen (secondary N) is 2. The maximum absolute atomic E-state index is 13.5. The summed E-state index contributed by atoms with van der Waals surface area (Å²) in [6.07, 6.45) is 1.64. The summed E-state index contributed by atoms with van der Waals surface area (Å²) in [5.74, 6) is -5.23. The van der Waals surface area contributed by atoms with Gasteiger partial charge in [0, 0.05) is 5.56 Å². The number of carbonyl (C=O) groups excluding carboxylic acids is 2. The van der Waals surface area contributed by atoms with Crippen molar-refractivity contribution in [3.63, 3.8) is 0 Å². The Hall–Kier alpha value is -3.29. The molecular formula is C18H13F3N2O3. The average Bonchev–Trinajstić information content (AvgIpc) is 2.66. The number of hydrogen-bond donors (Lipinski definition) is 2. The lowest BCUT2D eigenvalue weighted by atomic mass is 10.1. The van der Waals surface area contributed by atoms with Gasteiger partial charge in [0.05, 0.1) is 17.8 Å². The Morgan fingerprint density at radius 3 is 2.62 bits per heavy atom. The fourth-order valence-electron chi connectivity index (χ4n) is 2.34. The number of carbonyl (C=O) groups is 2. The average molecular weight is 362 g/mol. The first-order valence-corrected chi connectivity index (χ1v) is 7.59. The van der Waals surface area contributed by atoms with Gasteiger partial charge in [-0.25, -0.2) is 13.2 Å². The first-order chi connectivity index (χ1) is 12.5. The van der Waals surface area contributed by atoms with Crippen molar-refractivity contribution in [2.75, 3.05) is 18.5 Å².